The number of carboxylic acids is 1. The zero-order chi connectivity index (χ0) is 12.8. The van der Waals surface area contributed by atoms with E-state index in [2.05, 4.69) is 17.2 Å². The molecule has 2 N–H and O–H groups in total. The van der Waals surface area contributed by atoms with Crippen LogP contribution in [0.25, 0.3) is 0 Å². The van der Waals surface area contributed by atoms with Gasteiger partial charge in [0.2, 0.25) is 0 Å². The predicted molar refractivity (Wildman–Crippen MR) is 68.8 cm³/mol. The molecule has 4 nitrogen and oxygen atoms in total. The number of carboxylic acid groups (broad SMARTS) is 1. The molecule has 0 saturated heterocycles. The van der Waals surface area contributed by atoms with Crippen LogP contribution in [0.15, 0.2) is 12.1 Å². The van der Waals surface area contributed by atoms with Crippen LogP contribution in [0.2, 0.25) is 5.15 Å². The van der Waals surface area contributed by atoms with E-state index in [1.165, 1.54) is 12.1 Å². The minimum atomic E-state index is -1.00. The highest BCUT2D eigenvalue weighted by Gasteiger charge is 2.13. The van der Waals surface area contributed by atoms with Gasteiger partial charge in [0, 0.05) is 6.04 Å². The van der Waals surface area contributed by atoms with Gasteiger partial charge >= 0.3 is 5.97 Å². The molecule has 17 heavy (non-hydrogen) atoms. The standard InChI is InChI=1S/C12H17ClN2O2/c1-3-4-5-8(2)14-11-9(12(16)17)6-7-10(13)15-11/h6-8H,3-5H2,1-2H3,(H,14,15)(H,16,17). The summed E-state index contributed by atoms with van der Waals surface area (Å²) in [5, 5.41) is 12.4. The summed E-state index contributed by atoms with van der Waals surface area (Å²) in [5.41, 5.74) is 0.151. The number of unbranched alkanes of at least 4 members (excludes halogenated alkanes) is 1. The van der Waals surface area contributed by atoms with Crippen LogP contribution in [0.5, 0.6) is 0 Å². The minimum Gasteiger partial charge on any atom is -0.478 e. The third-order valence-corrected chi connectivity index (χ3v) is 2.68. The SMILES string of the molecule is CCCCC(C)Nc1nc(Cl)ccc1C(=O)O. The Balaban J connectivity index is 2.81. The fourth-order valence-corrected chi connectivity index (χ4v) is 1.68. The van der Waals surface area contributed by atoms with E-state index >= 15 is 0 Å². The number of hydrogen-bond donors (Lipinski definition) is 2. The van der Waals surface area contributed by atoms with Crippen molar-refractivity contribution in [3.05, 3.63) is 22.8 Å². The summed E-state index contributed by atoms with van der Waals surface area (Å²) < 4.78 is 0. The van der Waals surface area contributed by atoms with E-state index in [9.17, 15) is 4.79 Å². The molecule has 0 spiro atoms. The second kappa shape index (κ2) is 6.45. The van der Waals surface area contributed by atoms with Gasteiger partial charge in [-0.3, -0.25) is 0 Å². The number of hydrogen-bond acceptors (Lipinski definition) is 3. The maximum Gasteiger partial charge on any atom is 0.339 e. The Morgan fingerprint density at radius 1 is 1.59 bits per heavy atom. The Labute approximate surface area is 106 Å². The van der Waals surface area contributed by atoms with Crippen LogP contribution in [-0.2, 0) is 0 Å². The maximum absolute atomic E-state index is 11.0. The molecule has 0 aromatic carbocycles. The van der Waals surface area contributed by atoms with Crippen LogP contribution >= 0.6 is 11.6 Å². The Bertz CT molecular complexity index is 396. The summed E-state index contributed by atoms with van der Waals surface area (Å²) in [5.74, 6) is -0.659. The van der Waals surface area contributed by atoms with Gasteiger partial charge in [-0.25, -0.2) is 9.78 Å². The first-order chi connectivity index (χ1) is 8.04. The number of rotatable bonds is 6. The maximum atomic E-state index is 11.0. The van der Waals surface area contributed by atoms with E-state index in [0.717, 1.165) is 19.3 Å². The molecule has 0 radical (unpaired) electrons. The number of nitrogens with zero attached hydrogens (tertiary/aromatic N) is 1. The number of nitrogens with one attached hydrogen (secondary N) is 1. The fourth-order valence-electron chi connectivity index (χ4n) is 1.53. The molecule has 1 unspecified atom stereocenters. The lowest BCUT2D eigenvalue weighted by Gasteiger charge is -2.15. The minimum absolute atomic E-state index is 0.151. The first-order valence-electron chi connectivity index (χ1n) is 5.71. The zero-order valence-electron chi connectivity index (χ0n) is 10.0. The molecule has 0 fully saturated rings. The van der Waals surface area contributed by atoms with Gasteiger partial charge in [0.15, 0.2) is 0 Å². The molecule has 0 saturated carbocycles. The van der Waals surface area contributed by atoms with Crippen molar-refractivity contribution in [2.45, 2.75) is 39.2 Å². The molecule has 0 aliphatic rings. The van der Waals surface area contributed by atoms with Gasteiger partial charge in [-0.1, -0.05) is 31.4 Å². The lowest BCUT2D eigenvalue weighted by atomic mass is 10.1. The number of pyridine rings is 1. The predicted octanol–water partition coefficient (Wildman–Crippen LogP) is 3.42. The molecule has 5 heteroatoms. The second-order valence-electron chi connectivity index (χ2n) is 4.02. The van der Waals surface area contributed by atoms with E-state index in [-0.39, 0.29) is 11.6 Å². The van der Waals surface area contributed by atoms with Crippen molar-refractivity contribution in [2.24, 2.45) is 0 Å². The molecule has 0 aliphatic heterocycles. The third-order valence-electron chi connectivity index (χ3n) is 2.47. The average Bonchev–Trinajstić information content (AvgIpc) is 2.26. The van der Waals surface area contributed by atoms with Gasteiger partial charge in [-0.15, -0.1) is 0 Å². The molecule has 1 atom stereocenters. The van der Waals surface area contributed by atoms with Crippen LogP contribution in [0.1, 0.15) is 43.5 Å². The van der Waals surface area contributed by atoms with Gasteiger partial charge in [-0.05, 0) is 25.5 Å². The molecule has 0 aliphatic carbocycles. The van der Waals surface area contributed by atoms with Gasteiger partial charge in [-0.2, -0.15) is 0 Å². The van der Waals surface area contributed by atoms with Gasteiger partial charge < -0.3 is 10.4 Å². The molecule has 1 aromatic heterocycles. The highest BCUT2D eigenvalue weighted by atomic mass is 35.5. The molecular formula is C12H17ClN2O2. The van der Waals surface area contributed by atoms with E-state index in [4.69, 9.17) is 16.7 Å². The molecule has 1 heterocycles. The average molecular weight is 257 g/mol. The second-order valence-corrected chi connectivity index (χ2v) is 4.41. The molecule has 0 bridgehead atoms. The normalized spacial score (nSPS) is 12.2. The van der Waals surface area contributed by atoms with E-state index in [1.54, 1.807) is 0 Å². The van der Waals surface area contributed by atoms with Crippen molar-refractivity contribution in [2.75, 3.05) is 5.32 Å². The topological polar surface area (TPSA) is 62.2 Å². The van der Waals surface area contributed by atoms with Crippen molar-refractivity contribution in [3.8, 4) is 0 Å². The zero-order valence-corrected chi connectivity index (χ0v) is 10.8. The first kappa shape index (κ1) is 13.8. The third kappa shape index (κ3) is 4.23. The summed E-state index contributed by atoms with van der Waals surface area (Å²) >= 11 is 5.77. The van der Waals surface area contributed by atoms with Gasteiger partial charge in [0.1, 0.15) is 16.5 Å². The van der Waals surface area contributed by atoms with E-state index < -0.39 is 5.97 Å². The summed E-state index contributed by atoms with van der Waals surface area (Å²) in [6.45, 7) is 4.12. The van der Waals surface area contributed by atoms with Crippen LogP contribution in [-0.4, -0.2) is 22.1 Å². The summed E-state index contributed by atoms with van der Waals surface area (Å²) in [4.78, 5) is 15.0. The Morgan fingerprint density at radius 3 is 2.88 bits per heavy atom. The van der Waals surface area contributed by atoms with Crippen molar-refractivity contribution >= 4 is 23.4 Å². The lowest BCUT2D eigenvalue weighted by molar-refractivity contribution is 0.0697. The van der Waals surface area contributed by atoms with Crippen LogP contribution in [0.4, 0.5) is 5.82 Å². The molecule has 1 rings (SSSR count). The Morgan fingerprint density at radius 2 is 2.29 bits per heavy atom. The highest BCUT2D eigenvalue weighted by Crippen LogP contribution is 2.18. The number of halogens is 1. The monoisotopic (exact) mass is 256 g/mol. The first-order valence-corrected chi connectivity index (χ1v) is 6.08. The van der Waals surface area contributed by atoms with Crippen molar-refractivity contribution in [1.29, 1.82) is 0 Å². The van der Waals surface area contributed by atoms with E-state index in [0.29, 0.717) is 11.0 Å². The molecule has 1 aromatic rings. The highest BCUT2D eigenvalue weighted by molar-refractivity contribution is 6.29. The Hall–Kier alpha value is -1.29. The molecular weight excluding hydrogens is 240 g/mol. The number of carbonyl (C=O) groups is 1. The molecule has 94 valence electrons. The van der Waals surface area contributed by atoms with Crippen molar-refractivity contribution in [3.63, 3.8) is 0 Å². The number of anilines is 1. The largest absolute Gasteiger partial charge is 0.478 e. The molecule has 0 amide bonds. The van der Waals surface area contributed by atoms with Crippen molar-refractivity contribution < 1.29 is 9.90 Å². The smallest absolute Gasteiger partial charge is 0.339 e. The van der Waals surface area contributed by atoms with Crippen LogP contribution < -0.4 is 5.32 Å². The number of aromatic carboxylic acids is 1. The van der Waals surface area contributed by atoms with Gasteiger partial charge in [0.25, 0.3) is 0 Å². The van der Waals surface area contributed by atoms with Gasteiger partial charge in [0.05, 0.1) is 0 Å². The Kier molecular flexibility index (Phi) is 5.22. The quantitative estimate of drug-likeness (QED) is 0.766. The van der Waals surface area contributed by atoms with E-state index in [1.807, 2.05) is 6.92 Å². The van der Waals surface area contributed by atoms with Crippen molar-refractivity contribution in [1.82, 2.24) is 4.98 Å². The lowest BCUT2D eigenvalue weighted by Crippen LogP contribution is -2.18. The van der Waals surface area contributed by atoms with Crippen LogP contribution in [0, 0.1) is 0 Å². The van der Waals surface area contributed by atoms with Crippen LogP contribution in [0.3, 0.4) is 0 Å². The summed E-state index contributed by atoms with van der Waals surface area (Å²) in [6.07, 6.45) is 3.18. The summed E-state index contributed by atoms with van der Waals surface area (Å²) in [7, 11) is 0. The summed E-state index contributed by atoms with van der Waals surface area (Å²) in [6, 6.07) is 3.12. The number of aromatic nitrogens is 1. The fraction of sp³-hybridized carbons (Fsp3) is 0.500.